The second-order valence-electron chi connectivity index (χ2n) is 14.3. The second kappa shape index (κ2) is 10.8. The molecule has 0 aromatic carbocycles. The lowest BCUT2D eigenvalue weighted by Crippen LogP contribution is -2.50. The number of likely N-dealkylation sites (tertiary alicyclic amines) is 1. The van der Waals surface area contributed by atoms with Gasteiger partial charge in [-0.25, -0.2) is 13.1 Å². The van der Waals surface area contributed by atoms with E-state index < -0.39 is 10.0 Å². The number of rotatable bonds is 7. The maximum atomic E-state index is 13.1. The molecule has 2 N–H and O–H groups in total. The maximum Gasteiger partial charge on any atom is 0.222 e. The number of nitrogens with one attached hydrogen (secondary N) is 1. The summed E-state index contributed by atoms with van der Waals surface area (Å²) in [7, 11) is -3.15. The van der Waals surface area contributed by atoms with Crippen LogP contribution in [-0.4, -0.2) is 56.3 Å². The molecule has 216 valence electrons. The monoisotopic (exact) mass is 548 g/mol. The first-order chi connectivity index (χ1) is 17.9. The number of carbonyl (C=O) groups is 1. The highest BCUT2D eigenvalue weighted by Gasteiger charge is 2.59. The molecule has 3 saturated carbocycles. The van der Waals surface area contributed by atoms with E-state index in [0.29, 0.717) is 41.5 Å². The first-order valence-electron chi connectivity index (χ1n) is 15.5. The van der Waals surface area contributed by atoms with Gasteiger partial charge in [0.2, 0.25) is 15.9 Å². The van der Waals surface area contributed by atoms with Crippen LogP contribution in [-0.2, 0) is 14.8 Å². The van der Waals surface area contributed by atoms with Gasteiger partial charge < -0.3 is 10.0 Å². The highest BCUT2D eigenvalue weighted by atomic mass is 32.2. The van der Waals surface area contributed by atoms with Crippen LogP contribution in [0.2, 0.25) is 0 Å². The summed E-state index contributed by atoms with van der Waals surface area (Å²) in [4.78, 5) is 15.1. The van der Waals surface area contributed by atoms with Crippen molar-refractivity contribution in [3.8, 4) is 0 Å². The van der Waals surface area contributed by atoms with E-state index >= 15 is 0 Å². The van der Waals surface area contributed by atoms with Gasteiger partial charge in [-0.15, -0.1) is 0 Å². The summed E-state index contributed by atoms with van der Waals surface area (Å²) in [6, 6.07) is 0. The van der Waals surface area contributed by atoms with Gasteiger partial charge in [-0.2, -0.15) is 0 Å². The smallest absolute Gasteiger partial charge is 0.222 e. The topological polar surface area (TPSA) is 86.7 Å². The maximum absolute atomic E-state index is 13.1. The first kappa shape index (κ1) is 28.6. The van der Waals surface area contributed by atoms with E-state index in [-0.39, 0.29) is 12.0 Å². The number of amides is 1. The molecular weight excluding hydrogens is 496 g/mol. The van der Waals surface area contributed by atoms with Crippen LogP contribution >= 0.6 is 0 Å². The SMILES string of the molecule is CC(CCC(=O)N1CCC(CNS(C)(=O)=O)CC1)[C@H]1CC[C@H]2[C@@H]3CC=C4C[C@@H](O)CC[C@]4(C)[C@H]3CC[C@]12C. The minimum Gasteiger partial charge on any atom is -0.393 e. The molecule has 6 nitrogen and oxygen atoms in total. The molecular formula is C31H52N2O4S. The summed E-state index contributed by atoms with van der Waals surface area (Å²) in [5.74, 6) is 4.24. The highest BCUT2D eigenvalue weighted by Crippen LogP contribution is 2.67. The number of aliphatic hydroxyl groups is 1. The lowest BCUT2D eigenvalue weighted by atomic mass is 9.47. The summed E-state index contributed by atoms with van der Waals surface area (Å²) in [6.45, 7) is 9.49. The van der Waals surface area contributed by atoms with Crippen molar-refractivity contribution in [2.45, 2.75) is 104 Å². The Kier molecular flexibility index (Phi) is 8.14. The van der Waals surface area contributed by atoms with Gasteiger partial charge in [-0.05, 0) is 117 Å². The fraction of sp³-hybridized carbons (Fsp3) is 0.903. The largest absolute Gasteiger partial charge is 0.393 e. The minimum absolute atomic E-state index is 0.137. The molecule has 1 aliphatic heterocycles. The van der Waals surface area contributed by atoms with Crippen LogP contribution in [0.3, 0.4) is 0 Å². The molecule has 1 saturated heterocycles. The fourth-order valence-corrected chi connectivity index (χ4v) is 10.5. The number of nitrogens with zero attached hydrogens (tertiary/aromatic N) is 1. The molecule has 8 atom stereocenters. The Morgan fingerprint density at radius 3 is 2.55 bits per heavy atom. The summed E-state index contributed by atoms with van der Waals surface area (Å²) in [5.41, 5.74) is 2.25. The molecule has 1 amide bonds. The Morgan fingerprint density at radius 1 is 1.11 bits per heavy atom. The highest BCUT2D eigenvalue weighted by molar-refractivity contribution is 7.88. The average molecular weight is 549 g/mol. The number of carbonyl (C=O) groups excluding carboxylic acids is 1. The Bertz CT molecular complexity index is 1020. The summed E-state index contributed by atoms with van der Waals surface area (Å²) in [5, 5.41) is 10.3. The van der Waals surface area contributed by atoms with Crippen LogP contribution in [0.4, 0.5) is 0 Å². The van der Waals surface area contributed by atoms with E-state index in [9.17, 15) is 18.3 Å². The first-order valence-corrected chi connectivity index (χ1v) is 17.4. The fourth-order valence-electron chi connectivity index (χ4n) is 9.98. The molecule has 7 heteroatoms. The number of hydrogen-bond acceptors (Lipinski definition) is 4. The van der Waals surface area contributed by atoms with Gasteiger partial charge in [0, 0.05) is 26.1 Å². The van der Waals surface area contributed by atoms with E-state index in [2.05, 4.69) is 31.6 Å². The van der Waals surface area contributed by atoms with Crippen molar-refractivity contribution >= 4 is 15.9 Å². The predicted molar refractivity (Wildman–Crippen MR) is 152 cm³/mol. The molecule has 5 rings (SSSR count). The van der Waals surface area contributed by atoms with Crippen LogP contribution < -0.4 is 4.72 Å². The third kappa shape index (κ3) is 5.50. The Hall–Kier alpha value is -0.920. The normalized spacial score (nSPS) is 40.6. The number of allylic oxidation sites excluding steroid dienone is 1. The van der Waals surface area contributed by atoms with Crippen LogP contribution in [0.1, 0.15) is 97.8 Å². The van der Waals surface area contributed by atoms with Gasteiger partial charge in [0.1, 0.15) is 0 Å². The van der Waals surface area contributed by atoms with E-state index in [0.717, 1.165) is 69.4 Å². The molecule has 38 heavy (non-hydrogen) atoms. The lowest BCUT2D eigenvalue weighted by Gasteiger charge is -2.58. The number of fused-ring (bicyclic) bond motifs is 5. The summed E-state index contributed by atoms with van der Waals surface area (Å²) < 4.78 is 25.4. The van der Waals surface area contributed by atoms with Gasteiger partial charge in [0.25, 0.3) is 0 Å². The molecule has 0 bridgehead atoms. The van der Waals surface area contributed by atoms with Crippen molar-refractivity contribution in [3.63, 3.8) is 0 Å². The van der Waals surface area contributed by atoms with Crippen LogP contribution in [0.15, 0.2) is 11.6 Å². The van der Waals surface area contributed by atoms with E-state index in [1.807, 2.05) is 4.90 Å². The molecule has 1 unspecified atom stereocenters. The van der Waals surface area contributed by atoms with E-state index in [1.54, 1.807) is 5.57 Å². The molecule has 0 aromatic heterocycles. The van der Waals surface area contributed by atoms with Crippen LogP contribution in [0.25, 0.3) is 0 Å². The molecule has 5 aliphatic rings. The number of sulfonamides is 1. The third-order valence-corrected chi connectivity index (χ3v) is 12.9. The van der Waals surface area contributed by atoms with Crippen molar-refractivity contribution in [1.29, 1.82) is 0 Å². The van der Waals surface area contributed by atoms with Crippen LogP contribution in [0, 0.1) is 46.3 Å². The van der Waals surface area contributed by atoms with Gasteiger partial charge >= 0.3 is 0 Å². The third-order valence-electron chi connectivity index (χ3n) is 12.3. The lowest BCUT2D eigenvalue weighted by molar-refractivity contribution is -0.133. The minimum atomic E-state index is -3.15. The quantitative estimate of drug-likeness (QED) is 0.432. The zero-order valence-electron chi connectivity index (χ0n) is 24.3. The van der Waals surface area contributed by atoms with Crippen molar-refractivity contribution in [2.75, 3.05) is 25.9 Å². The molecule has 0 aromatic rings. The van der Waals surface area contributed by atoms with Gasteiger partial charge in [0.05, 0.1) is 12.4 Å². The van der Waals surface area contributed by atoms with E-state index in [4.69, 9.17) is 0 Å². The number of hydrogen-bond donors (Lipinski definition) is 2. The molecule has 4 aliphatic carbocycles. The zero-order chi connectivity index (χ0) is 27.3. The van der Waals surface area contributed by atoms with Crippen molar-refractivity contribution in [1.82, 2.24) is 9.62 Å². The molecule has 0 spiro atoms. The second-order valence-corrected chi connectivity index (χ2v) is 16.2. The standard InChI is InChI=1S/C31H52N2O4S/c1-21(5-10-29(35)33-17-13-22(14-18-33)20-32-38(4,36)37)26-8-9-27-25-7-6-23-19-24(34)11-15-30(23,2)28(25)12-16-31(26,27)3/h6,21-22,24-28,32,34H,5,7-20H2,1-4H3/t21?,24-,25-,26+,27-,28-,30-,31+/m0/s1. The van der Waals surface area contributed by atoms with Crippen molar-refractivity contribution in [2.24, 2.45) is 46.3 Å². The Balaban J connectivity index is 1.14. The Labute approximate surface area is 231 Å². The molecule has 4 fully saturated rings. The van der Waals surface area contributed by atoms with Crippen molar-refractivity contribution < 1.29 is 18.3 Å². The predicted octanol–water partition coefficient (Wildman–Crippen LogP) is 5.13. The summed E-state index contributed by atoms with van der Waals surface area (Å²) >= 11 is 0. The van der Waals surface area contributed by atoms with E-state index in [1.165, 1.54) is 38.4 Å². The van der Waals surface area contributed by atoms with Gasteiger partial charge in [0.15, 0.2) is 0 Å². The Morgan fingerprint density at radius 2 is 1.84 bits per heavy atom. The zero-order valence-corrected chi connectivity index (χ0v) is 25.1. The number of aliphatic hydroxyl groups excluding tert-OH is 1. The van der Waals surface area contributed by atoms with Gasteiger partial charge in [-0.3, -0.25) is 4.79 Å². The number of piperidine rings is 1. The molecule has 1 heterocycles. The van der Waals surface area contributed by atoms with Gasteiger partial charge in [-0.1, -0.05) is 32.4 Å². The van der Waals surface area contributed by atoms with Crippen molar-refractivity contribution in [3.05, 3.63) is 11.6 Å². The summed E-state index contributed by atoms with van der Waals surface area (Å²) in [6.07, 6.45) is 16.5. The van der Waals surface area contributed by atoms with Crippen LogP contribution in [0.5, 0.6) is 0 Å². The molecule has 0 radical (unpaired) electrons. The average Bonchev–Trinajstić information content (AvgIpc) is 3.23.